The third-order valence-electron chi connectivity index (χ3n) is 5.40. The van der Waals surface area contributed by atoms with Crippen molar-refractivity contribution in [3.05, 3.63) is 59.2 Å². The summed E-state index contributed by atoms with van der Waals surface area (Å²) in [6.07, 6.45) is 0.440. The summed E-state index contributed by atoms with van der Waals surface area (Å²) in [5.74, 6) is -0.930. The van der Waals surface area contributed by atoms with E-state index in [-0.39, 0.29) is 29.2 Å². The van der Waals surface area contributed by atoms with Gasteiger partial charge in [-0.25, -0.2) is 9.59 Å². The molecule has 0 spiro atoms. The van der Waals surface area contributed by atoms with E-state index >= 15 is 0 Å². The van der Waals surface area contributed by atoms with Crippen molar-refractivity contribution in [2.75, 3.05) is 80.3 Å². The van der Waals surface area contributed by atoms with Crippen LogP contribution in [0.4, 0.5) is 0 Å². The first kappa shape index (κ1) is 34.1. The maximum absolute atomic E-state index is 12.1. The number of esters is 2. The molecule has 228 valence electrons. The van der Waals surface area contributed by atoms with E-state index in [1.54, 1.807) is 18.2 Å². The molecular formula is C28H38O12S. The van der Waals surface area contributed by atoms with Crippen LogP contribution in [0.15, 0.2) is 47.4 Å². The van der Waals surface area contributed by atoms with Gasteiger partial charge in [0.2, 0.25) is 0 Å². The predicted octanol–water partition coefficient (Wildman–Crippen LogP) is 2.81. The zero-order chi connectivity index (χ0) is 29.9. The summed E-state index contributed by atoms with van der Waals surface area (Å²) in [4.78, 5) is 23.9. The molecule has 0 atom stereocenters. The molecule has 13 heteroatoms. The Balaban J connectivity index is 1.42. The molecule has 0 amide bonds. The Bertz CT molecular complexity index is 1170. The van der Waals surface area contributed by atoms with Gasteiger partial charge in [-0.05, 0) is 43.7 Å². The number of carbonyl (C=O) groups is 2. The summed E-state index contributed by atoms with van der Waals surface area (Å²) in [6, 6.07) is 10.9. The second-order valence-corrected chi connectivity index (χ2v) is 10.0. The summed E-state index contributed by atoms with van der Waals surface area (Å²) in [5.41, 5.74) is 1.11. The van der Waals surface area contributed by atoms with Crippen LogP contribution < -0.4 is 4.74 Å². The Kier molecular flexibility index (Phi) is 15.9. The van der Waals surface area contributed by atoms with Crippen molar-refractivity contribution in [1.82, 2.24) is 0 Å². The Morgan fingerprint density at radius 2 is 1.15 bits per heavy atom. The number of methoxy groups -OCH3 is 2. The second kappa shape index (κ2) is 19.1. The molecule has 0 radical (unpaired) electrons. The smallest absolute Gasteiger partial charge is 0.338 e. The summed E-state index contributed by atoms with van der Waals surface area (Å²) < 4.78 is 65.9. The fourth-order valence-electron chi connectivity index (χ4n) is 3.26. The van der Waals surface area contributed by atoms with Crippen LogP contribution in [0.5, 0.6) is 5.75 Å². The van der Waals surface area contributed by atoms with Crippen LogP contribution >= 0.6 is 0 Å². The molecule has 12 nitrogen and oxygen atoms in total. The molecule has 0 aliphatic carbocycles. The monoisotopic (exact) mass is 598 g/mol. The number of hydrogen-bond donors (Lipinski definition) is 0. The van der Waals surface area contributed by atoms with Crippen molar-refractivity contribution in [3.63, 3.8) is 0 Å². The molecule has 2 rings (SSSR count). The molecule has 0 saturated carbocycles. The van der Waals surface area contributed by atoms with Crippen LogP contribution in [0, 0.1) is 6.92 Å². The van der Waals surface area contributed by atoms with Gasteiger partial charge in [0.25, 0.3) is 10.1 Å². The summed E-state index contributed by atoms with van der Waals surface area (Å²) >= 11 is 0. The van der Waals surface area contributed by atoms with Gasteiger partial charge in [-0.15, -0.1) is 0 Å². The highest BCUT2D eigenvalue weighted by Gasteiger charge is 2.19. The minimum atomic E-state index is -3.75. The summed E-state index contributed by atoms with van der Waals surface area (Å²) in [7, 11) is -1.30. The molecule has 0 bridgehead atoms. The van der Waals surface area contributed by atoms with Crippen LogP contribution in [0.25, 0.3) is 0 Å². The number of ether oxygens (including phenoxy) is 7. The fourth-order valence-corrected chi connectivity index (χ4v) is 4.21. The van der Waals surface area contributed by atoms with E-state index in [2.05, 4.69) is 4.74 Å². The lowest BCUT2D eigenvalue weighted by molar-refractivity contribution is -0.00533. The average molecular weight is 599 g/mol. The molecule has 0 aliphatic rings. The molecule has 2 aromatic rings. The normalized spacial score (nSPS) is 11.3. The van der Waals surface area contributed by atoms with E-state index in [4.69, 9.17) is 32.6 Å². The van der Waals surface area contributed by atoms with E-state index in [0.717, 1.165) is 5.56 Å². The van der Waals surface area contributed by atoms with Crippen LogP contribution in [-0.2, 0) is 42.7 Å². The number of carbonyl (C=O) groups excluding carboxylic acids is 2. The molecular weight excluding hydrogens is 560 g/mol. The standard InChI is InChI=1S/C28H38O12S/c1-22-5-8-24(9-6-22)41(31,32)40-12-4-11-35-13-14-36-15-16-37-17-18-38-19-20-39-23-7-10-25(27(29)33-2)26(21-23)28(30)34-3/h5-10,21H,4,11-20H2,1-3H3. The number of hydrogen-bond acceptors (Lipinski definition) is 12. The van der Waals surface area contributed by atoms with Crippen molar-refractivity contribution >= 4 is 22.1 Å². The van der Waals surface area contributed by atoms with Gasteiger partial charge in [0, 0.05) is 6.61 Å². The Morgan fingerprint density at radius 3 is 1.71 bits per heavy atom. The third kappa shape index (κ3) is 13.0. The topological polar surface area (TPSA) is 142 Å². The first-order valence-corrected chi connectivity index (χ1v) is 14.4. The lowest BCUT2D eigenvalue weighted by atomic mass is 10.1. The molecule has 41 heavy (non-hydrogen) atoms. The molecule has 0 fully saturated rings. The first-order valence-electron chi connectivity index (χ1n) is 13.0. The lowest BCUT2D eigenvalue weighted by Gasteiger charge is -2.11. The quantitative estimate of drug-likeness (QED) is 0.118. The van der Waals surface area contributed by atoms with Crippen LogP contribution in [0.1, 0.15) is 32.7 Å². The predicted molar refractivity (Wildman–Crippen MR) is 147 cm³/mol. The van der Waals surface area contributed by atoms with Gasteiger partial charge >= 0.3 is 11.9 Å². The molecule has 0 heterocycles. The van der Waals surface area contributed by atoms with Crippen molar-refractivity contribution in [3.8, 4) is 5.75 Å². The van der Waals surface area contributed by atoms with Gasteiger partial charge in [0.15, 0.2) is 0 Å². The molecule has 2 aromatic carbocycles. The van der Waals surface area contributed by atoms with E-state index in [1.807, 2.05) is 6.92 Å². The first-order chi connectivity index (χ1) is 19.8. The zero-order valence-electron chi connectivity index (χ0n) is 23.6. The highest BCUT2D eigenvalue weighted by Crippen LogP contribution is 2.20. The van der Waals surface area contributed by atoms with Gasteiger partial charge in [-0.2, -0.15) is 8.42 Å². The van der Waals surface area contributed by atoms with Crippen LogP contribution in [0.2, 0.25) is 0 Å². The second-order valence-electron chi connectivity index (χ2n) is 8.43. The molecule has 0 N–H and O–H groups in total. The zero-order valence-corrected chi connectivity index (χ0v) is 24.4. The van der Waals surface area contributed by atoms with Crippen LogP contribution in [-0.4, -0.2) is 101 Å². The van der Waals surface area contributed by atoms with Gasteiger partial charge in [0.05, 0.1) is 83.1 Å². The van der Waals surface area contributed by atoms with Crippen molar-refractivity contribution < 1.29 is 55.3 Å². The summed E-state index contributed by atoms with van der Waals surface area (Å²) in [5, 5.41) is 0. The maximum atomic E-state index is 12.1. The Hall–Kier alpha value is -3.07. The Morgan fingerprint density at radius 1 is 0.634 bits per heavy atom. The molecule has 0 aromatic heterocycles. The minimum Gasteiger partial charge on any atom is -0.491 e. The van der Waals surface area contributed by atoms with Gasteiger partial charge in [-0.1, -0.05) is 17.7 Å². The van der Waals surface area contributed by atoms with Gasteiger partial charge in [0.1, 0.15) is 12.4 Å². The lowest BCUT2D eigenvalue weighted by Crippen LogP contribution is -2.15. The van der Waals surface area contributed by atoms with E-state index < -0.39 is 22.1 Å². The SMILES string of the molecule is COC(=O)c1ccc(OCCOCCOCCOCCOCCCOS(=O)(=O)c2ccc(C)cc2)cc1C(=O)OC. The van der Waals surface area contributed by atoms with Crippen LogP contribution in [0.3, 0.4) is 0 Å². The molecule has 0 unspecified atom stereocenters. The number of rotatable bonds is 21. The third-order valence-corrected chi connectivity index (χ3v) is 6.72. The highest BCUT2D eigenvalue weighted by molar-refractivity contribution is 7.86. The van der Waals surface area contributed by atoms with Gasteiger partial charge < -0.3 is 33.2 Å². The van der Waals surface area contributed by atoms with E-state index in [9.17, 15) is 18.0 Å². The fraction of sp³-hybridized carbons (Fsp3) is 0.500. The molecule has 0 aliphatic heterocycles. The largest absolute Gasteiger partial charge is 0.491 e. The molecule has 0 saturated heterocycles. The average Bonchev–Trinajstić information content (AvgIpc) is 2.98. The van der Waals surface area contributed by atoms with Gasteiger partial charge in [-0.3, -0.25) is 4.18 Å². The summed E-state index contributed by atoms with van der Waals surface area (Å²) in [6.45, 7) is 5.11. The minimum absolute atomic E-state index is 0.0412. The Labute approximate surface area is 240 Å². The van der Waals surface area contributed by atoms with E-state index in [0.29, 0.717) is 65.0 Å². The van der Waals surface area contributed by atoms with Crippen molar-refractivity contribution in [2.24, 2.45) is 0 Å². The highest BCUT2D eigenvalue weighted by atomic mass is 32.2. The maximum Gasteiger partial charge on any atom is 0.338 e. The van der Waals surface area contributed by atoms with Crippen molar-refractivity contribution in [2.45, 2.75) is 18.2 Å². The van der Waals surface area contributed by atoms with E-state index in [1.165, 1.54) is 38.5 Å². The van der Waals surface area contributed by atoms with Crippen molar-refractivity contribution in [1.29, 1.82) is 0 Å². The number of benzene rings is 2. The number of aryl methyl sites for hydroxylation is 1.